The van der Waals surface area contributed by atoms with E-state index in [-0.39, 0.29) is 12.0 Å². The number of likely N-dealkylation sites (tertiary alicyclic amines) is 1. The molecule has 0 saturated carbocycles. The maximum absolute atomic E-state index is 12.4. The highest BCUT2D eigenvalue weighted by atomic mass is 35.5. The minimum atomic E-state index is -0.481. The quantitative estimate of drug-likeness (QED) is 0.744. The van der Waals surface area contributed by atoms with Crippen molar-refractivity contribution in [3.8, 4) is 0 Å². The van der Waals surface area contributed by atoms with Crippen LogP contribution in [0.4, 0.5) is 4.79 Å². The number of ether oxygens (including phenoxy) is 1. The van der Waals surface area contributed by atoms with Gasteiger partial charge in [0.1, 0.15) is 5.60 Å². The summed E-state index contributed by atoms with van der Waals surface area (Å²) in [6.45, 7) is 7.78. The molecule has 1 aromatic rings. The number of benzene rings is 1. The van der Waals surface area contributed by atoms with E-state index in [0.29, 0.717) is 23.9 Å². The fourth-order valence-electron chi connectivity index (χ4n) is 3.23. The Morgan fingerprint density at radius 1 is 1.19 bits per heavy atom. The molecule has 0 atom stereocenters. The average molecular weight is 395 g/mol. The van der Waals surface area contributed by atoms with Gasteiger partial charge in [-0.05, 0) is 63.6 Å². The molecule has 0 radical (unpaired) electrons. The topological polar surface area (TPSA) is 49.9 Å². The van der Waals surface area contributed by atoms with Crippen molar-refractivity contribution in [2.24, 2.45) is 5.92 Å². The molecule has 0 aliphatic carbocycles. The summed E-state index contributed by atoms with van der Waals surface area (Å²) in [5.74, 6) is 0.603. The number of carbonyl (C=O) groups is 2. The summed E-state index contributed by atoms with van der Waals surface area (Å²) in [7, 11) is 1.78. The molecule has 1 aromatic carbocycles. The van der Waals surface area contributed by atoms with E-state index >= 15 is 0 Å². The molecule has 0 N–H and O–H groups in total. The summed E-state index contributed by atoms with van der Waals surface area (Å²) in [5, 5.41) is 0.712. The van der Waals surface area contributed by atoms with Gasteiger partial charge in [0.05, 0.1) is 0 Å². The van der Waals surface area contributed by atoms with E-state index in [1.165, 1.54) is 0 Å². The summed E-state index contributed by atoms with van der Waals surface area (Å²) in [5.41, 5.74) is 0.646. The second kappa shape index (κ2) is 9.45. The van der Waals surface area contributed by atoms with Crippen molar-refractivity contribution in [1.29, 1.82) is 0 Å². The number of rotatable bonds is 5. The minimum absolute atomic E-state index is 0.198. The van der Waals surface area contributed by atoms with Crippen molar-refractivity contribution < 1.29 is 14.3 Å². The highest BCUT2D eigenvalue weighted by molar-refractivity contribution is 6.30. The van der Waals surface area contributed by atoms with Crippen molar-refractivity contribution in [2.45, 2.75) is 52.1 Å². The van der Waals surface area contributed by atoms with Crippen molar-refractivity contribution in [3.05, 3.63) is 34.9 Å². The van der Waals surface area contributed by atoms with Crippen molar-refractivity contribution >= 4 is 23.6 Å². The van der Waals surface area contributed by atoms with Crippen LogP contribution in [-0.2, 0) is 16.0 Å². The van der Waals surface area contributed by atoms with Crippen LogP contribution in [0.15, 0.2) is 24.3 Å². The van der Waals surface area contributed by atoms with E-state index in [1.807, 2.05) is 49.9 Å². The maximum atomic E-state index is 12.4. The Balaban J connectivity index is 1.71. The van der Waals surface area contributed by atoms with E-state index in [9.17, 15) is 9.59 Å². The largest absolute Gasteiger partial charge is 0.444 e. The molecule has 1 saturated heterocycles. The minimum Gasteiger partial charge on any atom is -0.444 e. The third-order valence-electron chi connectivity index (χ3n) is 4.75. The summed E-state index contributed by atoms with van der Waals surface area (Å²) >= 11 is 5.89. The number of hydrogen-bond acceptors (Lipinski definition) is 3. The number of amides is 2. The molecule has 2 amide bonds. The number of halogens is 1. The molecular formula is C21H31ClN2O3. The molecule has 1 aliphatic heterocycles. The molecule has 1 aliphatic rings. The van der Waals surface area contributed by atoms with Crippen LogP contribution >= 0.6 is 11.6 Å². The van der Waals surface area contributed by atoms with E-state index < -0.39 is 5.60 Å². The standard InChI is InChI=1S/C21H31ClN2O3/c1-21(2,3)27-20(26)23(4)15-17-11-13-24(14-12-17)19(25)10-7-16-5-8-18(22)9-6-16/h5-6,8-9,17H,7,10-15H2,1-4H3. The molecule has 0 unspecified atom stereocenters. The van der Waals surface area contributed by atoms with Crippen LogP contribution in [0.25, 0.3) is 0 Å². The molecule has 0 bridgehead atoms. The summed E-state index contributed by atoms with van der Waals surface area (Å²) in [4.78, 5) is 28.1. The number of nitrogens with zero attached hydrogens (tertiary/aromatic N) is 2. The van der Waals surface area contributed by atoms with Crippen molar-refractivity contribution in [1.82, 2.24) is 9.80 Å². The van der Waals surface area contributed by atoms with Gasteiger partial charge in [0.2, 0.25) is 5.91 Å². The van der Waals surface area contributed by atoms with Gasteiger partial charge in [0.15, 0.2) is 0 Å². The van der Waals surface area contributed by atoms with Crippen molar-refractivity contribution in [3.63, 3.8) is 0 Å². The monoisotopic (exact) mass is 394 g/mol. The Bertz CT molecular complexity index is 632. The van der Waals surface area contributed by atoms with Crippen LogP contribution in [0, 0.1) is 5.92 Å². The number of piperidine rings is 1. The zero-order chi connectivity index (χ0) is 20.0. The number of carbonyl (C=O) groups excluding carboxylic acids is 2. The van der Waals surface area contributed by atoms with Crippen LogP contribution in [0.1, 0.15) is 45.6 Å². The van der Waals surface area contributed by atoms with Gasteiger partial charge < -0.3 is 14.5 Å². The Labute approximate surface area is 167 Å². The molecule has 0 spiro atoms. The molecule has 1 heterocycles. The molecule has 6 heteroatoms. The molecule has 0 aromatic heterocycles. The Hall–Kier alpha value is -1.75. The molecular weight excluding hydrogens is 364 g/mol. The van der Waals surface area contributed by atoms with Crippen LogP contribution in [0.2, 0.25) is 5.02 Å². The van der Waals surface area contributed by atoms with Gasteiger partial charge >= 0.3 is 6.09 Å². The smallest absolute Gasteiger partial charge is 0.410 e. The van der Waals surface area contributed by atoms with Gasteiger partial charge in [-0.25, -0.2) is 4.79 Å². The zero-order valence-corrected chi connectivity index (χ0v) is 17.6. The fraction of sp³-hybridized carbons (Fsp3) is 0.619. The molecule has 2 rings (SSSR count). The van der Waals surface area contributed by atoms with E-state index in [0.717, 1.165) is 37.9 Å². The Kier molecular flexibility index (Phi) is 7.54. The summed E-state index contributed by atoms with van der Waals surface area (Å²) < 4.78 is 5.40. The summed E-state index contributed by atoms with van der Waals surface area (Å²) in [6, 6.07) is 7.64. The third kappa shape index (κ3) is 7.41. The second-order valence-corrected chi connectivity index (χ2v) is 8.75. The SMILES string of the molecule is CN(CC1CCN(C(=O)CCc2ccc(Cl)cc2)CC1)C(=O)OC(C)(C)C. The normalized spacial score (nSPS) is 15.5. The van der Waals surface area contributed by atoms with Gasteiger partial charge in [0, 0.05) is 38.1 Å². The Morgan fingerprint density at radius 3 is 2.33 bits per heavy atom. The highest BCUT2D eigenvalue weighted by Gasteiger charge is 2.26. The van der Waals surface area contributed by atoms with Crippen LogP contribution in [-0.4, -0.2) is 54.1 Å². The molecule has 150 valence electrons. The fourth-order valence-corrected chi connectivity index (χ4v) is 3.35. The number of hydrogen-bond donors (Lipinski definition) is 0. The lowest BCUT2D eigenvalue weighted by Gasteiger charge is -2.34. The first-order valence-corrected chi connectivity index (χ1v) is 9.98. The van der Waals surface area contributed by atoms with E-state index in [1.54, 1.807) is 11.9 Å². The lowest BCUT2D eigenvalue weighted by atomic mass is 9.96. The van der Waals surface area contributed by atoms with Crippen LogP contribution < -0.4 is 0 Å². The van der Waals surface area contributed by atoms with Gasteiger partial charge in [-0.15, -0.1) is 0 Å². The predicted molar refractivity (Wildman–Crippen MR) is 108 cm³/mol. The number of aryl methyl sites for hydroxylation is 1. The Morgan fingerprint density at radius 2 is 1.78 bits per heavy atom. The van der Waals surface area contributed by atoms with Gasteiger partial charge in [0.25, 0.3) is 0 Å². The second-order valence-electron chi connectivity index (χ2n) is 8.31. The van der Waals surface area contributed by atoms with Gasteiger partial charge in [-0.1, -0.05) is 23.7 Å². The van der Waals surface area contributed by atoms with Crippen molar-refractivity contribution in [2.75, 3.05) is 26.7 Å². The lowest BCUT2D eigenvalue weighted by Crippen LogP contribution is -2.43. The first-order chi connectivity index (χ1) is 12.6. The first kappa shape index (κ1) is 21.5. The predicted octanol–water partition coefficient (Wildman–Crippen LogP) is 4.38. The molecule has 5 nitrogen and oxygen atoms in total. The van der Waals surface area contributed by atoms with E-state index in [4.69, 9.17) is 16.3 Å². The highest BCUT2D eigenvalue weighted by Crippen LogP contribution is 2.20. The average Bonchev–Trinajstić information content (AvgIpc) is 2.60. The lowest BCUT2D eigenvalue weighted by molar-refractivity contribution is -0.132. The molecule has 27 heavy (non-hydrogen) atoms. The molecule has 1 fully saturated rings. The first-order valence-electron chi connectivity index (χ1n) is 9.60. The van der Waals surface area contributed by atoms with Crippen LogP contribution in [0.3, 0.4) is 0 Å². The third-order valence-corrected chi connectivity index (χ3v) is 5.00. The van der Waals surface area contributed by atoms with E-state index in [2.05, 4.69) is 0 Å². The van der Waals surface area contributed by atoms with Gasteiger partial charge in [-0.2, -0.15) is 0 Å². The maximum Gasteiger partial charge on any atom is 0.410 e. The van der Waals surface area contributed by atoms with Crippen LogP contribution in [0.5, 0.6) is 0 Å². The zero-order valence-electron chi connectivity index (χ0n) is 16.8. The summed E-state index contributed by atoms with van der Waals surface area (Å²) in [6.07, 6.45) is 2.80. The van der Waals surface area contributed by atoms with Gasteiger partial charge in [-0.3, -0.25) is 4.79 Å².